The number of ether oxygens (including phenoxy) is 1. The number of halogens is 6. The molecule has 32 heavy (non-hydrogen) atoms. The van der Waals surface area contributed by atoms with E-state index in [4.69, 9.17) is 10.00 Å². The lowest BCUT2D eigenvalue weighted by Gasteiger charge is -2.29. The van der Waals surface area contributed by atoms with Crippen molar-refractivity contribution in [2.24, 2.45) is 0 Å². The van der Waals surface area contributed by atoms with Crippen molar-refractivity contribution < 1.29 is 35.9 Å². The van der Waals surface area contributed by atoms with Gasteiger partial charge >= 0.3 is 12.4 Å². The lowest BCUT2D eigenvalue weighted by atomic mass is 9.92. The molecular weight excluding hydrogens is 442 g/mol. The Morgan fingerprint density at radius 2 is 1.53 bits per heavy atom. The third kappa shape index (κ3) is 5.66. The number of hydrogen-bond donors (Lipinski definition) is 1. The molecule has 1 fully saturated rings. The van der Waals surface area contributed by atoms with Gasteiger partial charge in [-0.25, -0.2) is 9.97 Å². The Balaban J connectivity index is 1.65. The van der Waals surface area contributed by atoms with Crippen molar-refractivity contribution in [1.82, 2.24) is 15.3 Å². The van der Waals surface area contributed by atoms with E-state index < -0.39 is 41.0 Å². The minimum atomic E-state index is -5.03. The highest BCUT2D eigenvalue weighted by atomic mass is 19.4. The zero-order valence-electron chi connectivity index (χ0n) is 16.3. The fourth-order valence-corrected chi connectivity index (χ4v) is 3.33. The average Bonchev–Trinajstić information content (AvgIpc) is 2.74. The van der Waals surface area contributed by atoms with Crippen LogP contribution in [-0.4, -0.2) is 28.0 Å². The summed E-state index contributed by atoms with van der Waals surface area (Å²) in [4.78, 5) is 20.2. The highest BCUT2D eigenvalue weighted by Gasteiger charge is 2.37. The number of benzene rings is 1. The fourth-order valence-electron chi connectivity index (χ4n) is 3.33. The Kier molecular flexibility index (Phi) is 6.57. The average molecular weight is 458 g/mol. The number of rotatable bonds is 4. The Morgan fingerprint density at radius 3 is 2.06 bits per heavy atom. The maximum atomic E-state index is 13.0. The molecule has 170 valence electrons. The topological polar surface area (TPSA) is 87.9 Å². The zero-order valence-corrected chi connectivity index (χ0v) is 16.3. The van der Waals surface area contributed by atoms with E-state index in [1.807, 2.05) is 6.07 Å². The van der Waals surface area contributed by atoms with Crippen LogP contribution in [-0.2, 0) is 12.4 Å². The number of nitrogens with zero attached hydrogens (tertiary/aromatic N) is 3. The zero-order chi connectivity index (χ0) is 23.5. The van der Waals surface area contributed by atoms with Crippen LogP contribution < -0.4 is 10.1 Å². The molecule has 1 aromatic heterocycles. The largest absolute Gasteiger partial charge is 0.472 e. The molecule has 1 aromatic carbocycles. The number of carbonyl (C=O) groups is 1. The first-order valence-corrected chi connectivity index (χ1v) is 9.45. The number of alkyl halides is 6. The van der Waals surface area contributed by atoms with E-state index in [1.165, 1.54) is 12.4 Å². The summed E-state index contributed by atoms with van der Waals surface area (Å²) in [5, 5.41) is 11.5. The molecule has 3 rings (SSSR count). The molecule has 0 spiro atoms. The molecule has 1 aliphatic carbocycles. The van der Waals surface area contributed by atoms with Crippen LogP contribution in [0, 0.1) is 11.3 Å². The van der Waals surface area contributed by atoms with Gasteiger partial charge in [0.1, 0.15) is 12.2 Å². The summed E-state index contributed by atoms with van der Waals surface area (Å²) < 4.78 is 83.6. The first-order valence-electron chi connectivity index (χ1n) is 9.45. The summed E-state index contributed by atoms with van der Waals surface area (Å²) in [5.41, 5.74) is -3.80. The van der Waals surface area contributed by atoms with Gasteiger partial charge in [0.15, 0.2) is 0 Å². The molecule has 0 bridgehead atoms. The van der Waals surface area contributed by atoms with Crippen molar-refractivity contribution in [2.75, 3.05) is 0 Å². The van der Waals surface area contributed by atoms with E-state index in [1.54, 1.807) is 0 Å². The van der Waals surface area contributed by atoms with Crippen LogP contribution in [0.5, 0.6) is 5.88 Å². The molecule has 6 nitrogen and oxygen atoms in total. The first kappa shape index (κ1) is 23.3. The van der Waals surface area contributed by atoms with Crippen molar-refractivity contribution in [2.45, 2.75) is 50.2 Å². The van der Waals surface area contributed by atoms with Gasteiger partial charge in [0.2, 0.25) is 5.69 Å². The number of nitriles is 1. The van der Waals surface area contributed by atoms with Gasteiger partial charge < -0.3 is 10.1 Å². The van der Waals surface area contributed by atoms with Gasteiger partial charge in [-0.1, -0.05) is 0 Å². The van der Waals surface area contributed by atoms with E-state index in [2.05, 4.69) is 15.3 Å². The Labute approximate surface area is 178 Å². The molecule has 0 unspecified atom stereocenters. The first-order chi connectivity index (χ1) is 15.0. The SMILES string of the molecule is N#Cc1nccnc1OC1CCC(NC(=O)c2cc(C(F)(F)F)cc(C(F)(F)F)c2)CC1. The van der Waals surface area contributed by atoms with Crippen LogP contribution in [0.4, 0.5) is 26.3 Å². The Bertz CT molecular complexity index is 992. The van der Waals surface area contributed by atoms with Gasteiger partial charge in [0.25, 0.3) is 11.8 Å². The Morgan fingerprint density at radius 1 is 0.969 bits per heavy atom. The standard InChI is InChI=1S/C20H16F6N4O2/c21-19(22,23)12-7-11(8-13(9-12)20(24,25)26)17(31)30-14-1-3-15(4-2-14)32-18-16(10-27)28-5-6-29-18/h5-9,14-15H,1-4H2,(H,30,31). The number of hydrogen-bond acceptors (Lipinski definition) is 5. The summed E-state index contributed by atoms with van der Waals surface area (Å²) in [7, 11) is 0. The highest BCUT2D eigenvalue weighted by molar-refractivity contribution is 5.94. The third-order valence-corrected chi connectivity index (χ3v) is 4.91. The third-order valence-electron chi connectivity index (χ3n) is 4.91. The summed E-state index contributed by atoms with van der Waals surface area (Å²) in [6, 6.07) is 2.17. The van der Waals surface area contributed by atoms with Crippen molar-refractivity contribution in [1.29, 1.82) is 5.26 Å². The molecule has 12 heteroatoms. The van der Waals surface area contributed by atoms with Crippen molar-refractivity contribution >= 4 is 5.91 Å². The minimum Gasteiger partial charge on any atom is -0.472 e. The molecular formula is C20H16F6N4O2. The monoisotopic (exact) mass is 458 g/mol. The van der Waals surface area contributed by atoms with Crippen molar-refractivity contribution in [3.05, 3.63) is 53.0 Å². The number of nitrogens with one attached hydrogen (secondary N) is 1. The lowest BCUT2D eigenvalue weighted by molar-refractivity contribution is -0.143. The van der Waals surface area contributed by atoms with Gasteiger partial charge in [0, 0.05) is 24.0 Å². The predicted molar refractivity (Wildman–Crippen MR) is 97.3 cm³/mol. The van der Waals surface area contributed by atoms with Crippen LogP contribution in [0.1, 0.15) is 52.9 Å². The van der Waals surface area contributed by atoms with Crippen LogP contribution >= 0.6 is 0 Å². The second-order valence-corrected chi connectivity index (χ2v) is 7.18. The van der Waals surface area contributed by atoms with Gasteiger partial charge in [-0.15, -0.1) is 0 Å². The maximum Gasteiger partial charge on any atom is 0.416 e. The van der Waals surface area contributed by atoms with Crippen LogP contribution in [0.15, 0.2) is 30.6 Å². The summed E-state index contributed by atoms with van der Waals surface area (Å²) in [5.74, 6) is -0.946. The molecule has 0 atom stereocenters. The predicted octanol–water partition coefficient (Wildman–Crippen LogP) is 4.51. The summed E-state index contributed by atoms with van der Waals surface area (Å²) in [6.45, 7) is 0. The molecule has 1 heterocycles. The van der Waals surface area contributed by atoms with Crippen LogP contribution in [0.25, 0.3) is 0 Å². The van der Waals surface area contributed by atoms with Gasteiger partial charge in [0.05, 0.1) is 11.1 Å². The molecule has 0 saturated heterocycles. The Hall–Kier alpha value is -3.36. The fraction of sp³-hybridized carbons (Fsp3) is 0.400. The molecule has 1 saturated carbocycles. The van der Waals surface area contributed by atoms with Crippen molar-refractivity contribution in [3.8, 4) is 11.9 Å². The van der Waals surface area contributed by atoms with Gasteiger partial charge in [-0.2, -0.15) is 31.6 Å². The quantitative estimate of drug-likeness (QED) is 0.682. The molecule has 1 aliphatic rings. The van der Waals surface area contributed by atoms with E-state index in [9.17, 15) is 31.1 Å². The summed E-state index contributed by atoms with van der Waals surface area (Å²) >= 11 is 0. The maximum absolute atomic E-state index is 13.0. The molecule has 1 amide bonds. The molecule has 0 radical (unpaired) electrons. The lowest BCUT2D eigenvalue weighted by Crippen LogP contribution is -2.40. The highest BCUT2D eigenvalue weighted by Crippen LogP contribution is 2.36. The normalized spacial score (nSPS) is 19.2. The summed E-state index contributed by atoms with van der Waals surface area (Å²) in [6.07, 6.45) is -6.05. The molecule has 1 N–H and O–H groups in total. The van der Waals surface area contributed by atoms with Gasteiger partial charge in [-0.05, 0) is 43.9 Å². The second kappa shape index (κ2) is 9.02. The second-order valence-electron chi connectivity index (χ2n) is 7.18. The molecule has 2 aromatic rings. The van der Waals surface area contributed by atoms with E-state index in [0.717, 1.165) is 0 Å². The number of carbonyl (C=O) groups excluding carboxylic acids is 1. The smallest absolute Gasteiger partial charge is 0.416 e. The van der Waals surface area contributed by atoms with E-state index >= 15 is 0 Å². The van der Waals surface area contributed by atoms with Crippen LogP contribution in [0.2, 0.25) is 0 Å². The van der Waals surface area contributed by atoms with Crippen molar-refractivity contribution in [3.63, 3.8) is 0 Å². The molecule has 0 aliphatic heterocycles. The van der Waals surface area contributed by atoms with E-state index in [0.29, 0.717) is 37.8 Å². The number of aromatic nitrogens is 2. The van der Waals surface area contributed by atoms with E-state index in [-0.39, 0.29) is 23.7 Å². The van der Waals surface area contributed by atoms with Gasteiger partial charge in [-0.3, -0.25) is 4.79 Å². The number of amides is 1. The minimum absolute atomic E-state index is 0.0212. The van der Waals surface area contributed by atoms with Crippen LogP contribution in [0.3, 0.4) is 0 Å².